The molecule has 0 heterocycles. The minimum atomic E-state index is 0.619. The number of nitrogens with two attached hydrogens (primary N) is 1. The molecule has 0 spiro atoms. The molecule has 1 aromatic carbocycles. The third-order valence-electron chi connectivity index (χ3n) is 1.62. The van der Waals surface area contributed by atoms with Gasteiger partial charge in [0.1, 0.15) is 0 Å². The smallest absolute Gasteiger partial charge is 0.0938 e. The zero-order valence-corrected chi connectivity index (χ0v) is 8.26. The van der Waals surface area contributed by atoms with Gasteiger partial charge in [0, 0.05) is 5.02 Å². The SMILES string of the molecule is [CH2-][NH2+]CCOCc1cccc(Cl)c1. The molecule has 1 rings (SSSR count). The Morgan fingerprint density at radius 2 is 2.31 bits per heavy atom. The zero-order valence-electron chi connectivity index (χ0n) is 7.50. The van der Waals surface area contributed by atoms with E-state index >= 15 is 0 Å². The number of halogens is 1. The van der Waals surface area contributed by atoms with E-state index in [9.17, 15) is 0 Å². The van der Waals surface area contributed by atoms with Crippen molar-refractivity contribution < 1.29 is 10.1 Å². The summed E-state index contributed by atoms with van der Waals surface area (Å²) in [6.07, 6.45) is 0. The third-order valence-corrected chi connectivity index (χ3v) is 1.86. The third kappa shape index (κ3) is 4.27. The summed E-state index contributed by atoms with van der Waals surface area (Å²) in [6, 6.07) is 7.69. The molecular weight excluding hydrogens is 186 g/mol. The van der Waals surface area contributed by atoms with Crippen LogP contribution in [-0.4, -0.2) is 13.2 Å². The molecule has 0 aromatic heterocycles. The number of hydrogen-bond acceptors (Lipinski definition) is 1. The van der Waals surface area contributed by atoms with Crippen molar-refractivity contribution in [3.05, 3.63) is 41.9 Å². The van der Waals surface area contributed by atoms with Crippen molar-refractivity contribution in [1.29, 1.82) is 0 Å². The number of ether oxygens (including phenoxy) is 1. The summed E-state index contributed by atoms with van der Waals surface area (Å²) in [6.45, 7) is 2.23. The molecule has 72 valence electrons. The monoisotopic (exact) mass is 199 g/mol. The molecule has 0 radical (unpaired) electrons. The van der Waals surface area contributed by atoms with Crippen LogP contribution in [0.5, 0.6) is 0 Å². The highest BCUT2D eigenvalue weighted by Crippen LogP contribution is 2.10. The largest absolute Gasteiger partial charge is 0.477 e. The zero-order chi connectivity index (χ0) is 9.52. The minimum Gasteiger partial charge on any atom is -0.477 e. The van der Waals surface area contributed by atoms with Gasteiger partial charge in [-0.1, -0.05) is 23.7 Å². The molecular formula is C10H14ClNO. The highest BCUT2D eigenvalue weighted by Gasteiger charge is 1.93. The quantitative estimate of drug-likeness (QED) is 0.560. The Morgan fingerprint density at radius 3 is 3.00 bits per heavy atom. The van der Waals surface area contributed by atoms with Crippen LogP contribution in [0.15, 0.2) is 24.3 Å². The summed E-state index contributed by atoms with van der Waals surface area (Å²) in [5.74, 6) is 0. The molecule has 0 atom stereocenters. The maximum Gasteiger partial charge on any atom is 0.0938 e. The molecule has 1 aromatic rings. The van der Waals surface area contributed by atoms with Crippen LogP contribution in [0.2, 0.25) is 5.02 Å². The highest BCUT2D eigenvalue weighted by atomic mass is 35.5. The van der Waals surface area contributed by atoms with Crippen LogP contribution in [0, 0.1) is 7.05 Å². The maximum atomic E-state index is 5.81. The molecule has 0 bridgehead atoms. The predicted molar refractivity (Wildman–Crippen MR) is 53.3 cm³/mol. The lowest BCUT2D eigenvalue weighted by atomic mass is 10.2. The molecule has 0 unspecified atom stereocenters. The van der Waals surface area contributed by atoms with E-state index in [0.29, 0.717) is 6.61 Å². The molecule has 2 nitrogen and oxygen atoms in total. The average molecular weight is 200 g/mol. The van der Waals surface area contributed by atoms with Gasteiger partial charge in [0.2, 0.25) is 0 Å². The van der Waals surface area contributed by atoms with Gasteiger partial charge < -0.3 is 10.1 Å². The lowest BCUT2D eigenvalue weighted by Crippen LogP contribution is -2.78. The van der Waals surface area contributed by atoms with Crippen molar-refractivity contribution >= 4 is 11.6 Å². The first-order valence-electron chi connectivity index (χ1n) is 4.26. The fraction of sp³-hybridized carbons (Fsp3) is 0.300. The first-order valence-corrected chi connectivity index (χ1v) is 4.64. The molecule has 0 aliphatic rings. The first-order chi connectivity index (χ1) is 6.33. The summed E-state index contributed by atoms with van der Waals surface area (Å²) in [7, 11) is 3.62. The maximum absolute atomic E-state index is 5.81. The summed E-state index contributed by atoms with van der Waals surface area (Å²) in [5.41, 5.74) is 1.11. The Hall–Kier alpha value is -0.570. The number of benzene rings is 1. The summed E-state index contributed by atoms with van der Waals surface area (Å²) in [5, 5.41) is 2.60. The van der Waals surface area contributed by atoms with Gasteiger partial charge in [-0.2, -0.15) is 7.05 Å². The van der Waals surface area contributed by atoms with Crippen molar-refractivity contribution in [2.24, 2.45) is 0 Å². The van der Waals surface area contributed by atoms with Gasteiger partial charge >= 0.3 is 0 Å². The van der Waals surface area contributed by atoms with Crippen molar-refractivity contribution in [2.45, 2.75) is 6.61 Å². The van der Waals surface area contributed by atoms with Crippen molar-refractivity contribution in [3.8, 4) is 0 Å². The van der Waals surface area contributed by atoms with Crippen LogP contribution >= 0.6 is 11.6 Å². The molecule has 3 heteroatoms. The van der Waals surface area contributed by atoms with Gasteiger partial charge in [0.05, 0.1) is 19.8 Å². The van der Waals surface area contributed by atoms with Gasteiger partial charge in [0.25, 0.3) is 0 Å². The minimum absolute atomic E-state index is 0.619. The molecule has 13 heavy (non-hydrogen) atoms. The molecule has 0 amide bonds. The van der Waals surface area contributed by atoms with Crippen molar-refractivity contribution in [2.75, 3.05) is 13.2 Å². The second-order valence-electron chi connectivity index (χ2n) is 2.76. The van der Waals surface area contributed by atoms with E-state index in [0.717, 1.165) is 23.7 Å². The van der Waals surface area contributed by atoms with Crippen molar-refractivity contribution in [1.82, 2.24) is 0 Å². The van der Waals surface area contributed by atoms with Crippen LogP contribution in [0.1, 0.15) is 5.56 Å². The van der Waals surface area contributed by atoms with Crippen LogP contribution in [0.3, 0.4) is 0 Å². The first kappa shape index (κ1) is 10.5. The second-order valence-corrected chi connectivity index (χ2v) is 3.20. The summed E-state index contributed by atoms with van der Waals surface area (Å²) in [4.78, 5) is 0. The molecule has 0 aliphatic heterocycles. The predicted octanol–water partition coefficient (Wildman–Crippen LogP) is 1.21. The Morgan fingerprint density at radius 1 is 1.46 bits per heavy atom. The normalized spacial score (nSPS) is 10.3. The van der Waals surface area contributed by atoms with E-state index in [1.807, 2.05) is 29.6 Å². The van der Waals surface area contributed by atoms with E-state index in [4.69, 9.17) is 16.3 Å². The van der Waals surface area contributed by atoms with Crippen LogP contribution < -0.4 is 5.32 Å². The average Bonchev–Trinajstić information content (AvgIpc) is 2.13. The van der Waals surface area contributed by atoms with Crippen LogP contribution in [0.25, 0.3) is 0 Å². The van der Waals surface area contributed by atoms with E-state index in [-0.39, 0.29) is 0 Å². The lowest BCUT2D eigenvalue weighted by Gasteiger charge is -2.04. The second kappa shape index (κ2) is 5.97. The number of quaternary nitrogens is 1. The van der Waals surface area contributed by atoms with Gasteiger partial charge in [0.15, 0.2) is 0 Å². The number of rotatable bonds is 5. The van der Waals surface area contributed by atoms with Gasteiger partial charge in [-0.15, -0.1) is 0 Å². The van der Waals surface area contributed by atoms with Crippen LogP contribution in [0.4, 0.5) is 0 Å². The standard InChI is InChI=1S/C10H14ClNO/c1-12-5-6-13-8-9-3-2-4-10(11)7-9/h2-4,7H,1,5-6,8,12H2. The van der Waals surface area contributed by atoms with Crippen molar-refractivity contribution in [3.63, 3.8) is 0 Å². The Bertz CT molecular complexity index is 252. The molecule has 0 saturated heterocycles. The molecule has 0 fully saturated rings. The fourth-order valence-electron chi connectivity index (χ4n) is 0.983. The van der Waals surface area contributed by atoms with Gasteiger partial charge in [-0.25, -0.2) is 0 Å². The summed E-state index contributed by atoms with van der Waals surface area (Å²) >= 11 is 5.81. The van der Waals surface area contributed by atoms with E-state index < -0.39 is 0 Å². The van der Waals surface area contributed by atoms with Gasteiger partial charge in [-0.05, 0) is 17.7 Å². The lowest BCUT2D eigenvalue weighted by molar-refractivity contribution is -0.597. The van der Waals surface area contributed by atoms with E-state index in [1.165, 1.54) is 0 Å². The Kier molecular flexibility index (Phi) is 4.83. The Balaban J connectivity index is 2.28. The Labute approximate surface area is 83.9 Å². The fourth-order valence-corrected chi connectivity index (χ4v) is 1.20. The molecule has 0 saturated carbocycles. The van der Waals surface area contributed by atoms with Gasteiger partial charge in [-0.3, -0.25) is 0 Å². The van der Waals surface area contributed by atoms with E-state index in [1.54, 1.807) is 0 Å². The van der Waals surface area contributed by atoms with E-state index in [2.05, 4.69) is 7.05 Å². The highest BCUT2D eigenvalue weighted by molar-refractivity contribution is 6.30. The number of hydrogen-bond donors (Lipinski definition) is 1. The summed E-state index contributed by atoms with van der Waals surface area (Å²) < 4.78 is 5.39. The topological polar surface area (TPSA) is 25.8 Å². The molecule has 2 N–H and O–H groups in total. The van der Waals surface area contributed by atoms with Crippen LogP contribution in [-0.2, 0) is 11.3 Å². The molecule has 0 aliphatic carbocycles.